The van der Waals surface area contributed by atoms with Gasteiger partial charge >= 0.3 is 5.97 Å². The lowest BCUT2D eigenvalue weighted by atomic mass is 10.0. The number of aryl methyl sites for hydroxylation is 1. The first-order valence-electron chi connectivity index (χ1n) is 10.2. The highest BCUT2D eigenvalue weighted by atomic mass is 32.2. The van der Waals surface area contributed by atoms with E-state index in [1.165, 1.54) is 0 Å². The zero-order valence-corrected chi connectivity index (χ0v) is 17.9. The Hall–Kier alpha value is -1.44. The molecular formula is C21H35NO5S. The van der Waals surface area contributed by atoms with Gasteiger partial charge in [-0.3, -0.25) is 0 Å². The van der Waals surface area contributed by atoms with Gasteiger partial charge in [0.25, 0.3) is 0 Å². The molecule has 6 nitrogen and oxygen atoms in total. The van der Waals surface area contributed by atoms with Gasteiger partial charge in [0.1, 0.15) is 0 Å². The molecule has 0 aliphatic heterocycles. The fraction of sp³-hybridized carbons (Fsp3) is 0.667. The number of benzene rings is 1. The number of carboxylic acid groups (broad SMARTS) is 1. The van der Waals surface area contributed by atoms with E-state index in [9.17, 15) is 18.3 Å². The summed E-state index contributed by atoms with van der Waals surface area (Å²) in [6.07, 6.45) is 6.94. The van der Waals surface area contributed by atoms with Crippen molar-refractivity contribution in [2.75, 3.05) is 6.54 Å². The molecule has 1 rings (SSSR count). The largest absolute Gasteiger partial charge is 0.478 e. The number of unbranched alkanes of at least 4 members (excludes halogenated alkanes) is 2. The number of carboxylic acids is 1. The Kier molecular flexibility index (Phi) is 11.3. The molecule has 0 aliphatic carbocycles. The number of rotatable bonds is 15. The number of nitrogens with one attached hydrogen (secondary N) is 1. The van der Waals surface area contributed by atoms with Crippen molar-refractivity contribution in [2.24, 2.45) is 0 Å². The quantitative estimate of drug-likeness (QED) is 0.380. The molecule has 2 unspecified atom stereocenters. The van der Waals surface area contributed by atoms with Crippen molar-refractivity contribution in [3.63, 3.8) is 0 Å². The van der Waals surface area contributed by atoms with Crippen LogP contribution in [-0.4, -0.2) is 42.5 Å². The van der Waals surface area contributed by atoms with Gasteiger partial charge in [-0.2, -0.15) is 0 Å². The summed E-state index contributed by atoms with van der Waals surface area (Å²) in [6.45, 7) is 4.18. The highest BCUT2D eigenvalue weighted by molar-refractivity contribution is 7.90. The topological polar surface area (TPSA) is 104 Å². The van der Waals surface area contributed by atoms with Crippen LogP contribution in [0.2, 0.25) is 0 Å². The molecule has 0 saturated carbocycles. The molecule has 2 atom stereocenters. The van der Waals surface area contributed by atoms with E-state index in [0.717, 1.165) is 31.2 Å². The lowest BCUT2D eigenvalue weighted by Crippen LogP contribution is -2.33. The number of sulfonamides is 1. The van der Waals surface area contributed by atoms with Crippen molar-refractivity contribution < 1.29 is 23.4 Å². The summed E-state index contributed by atoms with van der Waals surface area (Å²) >= 11 is 0. The summed E-state index contributed by atoms with van der Waals surface area (Å²) in [7, 11) is -3.36. The Morgan fingerprint density at radius 3 is 2.29 bits per heavy atom. The van der Waals surface area contributed by atoms with Crippen LogP contribution in [0.5, 0.6) is 0 Å². The van der Waals surface area contributed by atoms with Crippen molar-refractivity contribution >= 4 is 16.0 Å². The van der Waals surface area contributed by atoms with E-state index in [0.29, 0.717) is 38.6 Å². The molecule has 0 saturated heterocycles. The SMILES string of the molecule is CCCCCC(O)CCCC(C)S(=O)(=O)NCCCc1ccc(C(=O)O)cc1. The molecule has 0 heterocycles. The fourth-order valence-corrected chi connectivity index (χ4v) is 4.22. The number of aliphatic hydroxyl groups excluding tert-OH is 1. The minimum Gasteiger partial charge on any atom is -0.478 e. The maximum absolute atomic E-state index is 12.3. The van der Waals surface area contributed by atoms with Gasteiger partial charge in [-0.15, -0.1) is 0 Å². The van der Waals surface area contributed by atoms with E-state index in [4.69, 9.17) is 5.11 Å². The monoisotopic (exact) mass is 413 g/mol. The van der Waals surface area contributed by atoms with Gasteiger partial charge in [0.2, 0.25) is 10.0 Å². The summed E-state index contributed by atoms with van der Waals surface area (Å²) in [5, 5.41) is 18.3. The van der Waals surface area contributed by atoms with Crippen LogP contribution in [0, 0.1) is 0 Å². The molecule has 0 amide bonds. The molecule has 1 aromatic carbocycles. The van der Waals surface area contributed by atoms with Gasteiger partial charge in [-0.05, 0) is 63.1 Å². The summed E-state index contributed by atoms with van der Waals surface area (Å²) in [6, 6.07) is 6.62. The van der Waals surface area contributed by atoms with Gasteiger partial charge in [-0.1, -0.05) is 38.3 Å². The van der Waals surface area contributed by atoms with Crippen LogP contribution in [0.3, 0.4) is 0 Å². The molecule has 0 aromatic heterocycles. The summed E-state index contributed by atoms with van der Waals surface area (Å²) < 4.78 is 27.3. The molecule has 1 aromatic rings. The molecule has 0 aliphatic rings. The van der Waals surface area contributed by atoms with Crippen molar-refractivity contribution in [1.29, 1.82) is 0 Å². The predicted molar refractivity (Wildman–Crippen MR) is 112 cm³/mol. The van der Waals surface area contributed by atoms with E-state index in [1.54, 1.807) is 31.2 Å². The van der Waals surface area contributed by atoms with E-state index < -0.39 is 21.2 Å². The Bertz CT molecular complexity index is 673. The lowest BCUT2D eigenvalue weighted by Gasteiger charge is -2.15. The second kappa shape index (κ2) is 12.9. The van der Waals surface area contributed by atoms with Gasteiger partial charge in [0, 0.05) is 6.54 Å². The Morgan fingerprint density at radius 2 is 1.68 bits per heavy atom. The van der Waals surface area contributed by atoms with Crippen molar-refractivity contribution in [3.05, 3.63) is 35.4 Å². The van der Waals surface area contributed by atoms with Crippen molar-refractivity contribution in [2.45, 2.75) is 83.0 Å². The van der Waals surface area contributed by atoms with Crippen LogP contribution in [-0.2, 0) is 16.4 Å². The van der Waals surface area contributed by atoms with Crippen molar-refractivity contribution in [1.82, 2.24) is 4.72 Å². The zero-order chi connectivity index (χ0) is 21.0. The molecular weight excluding hydrogens is 378 g/mol. The number of aliphatic hydroxyl groups is 1. The van der Waals surface area contributed by atoms with Crippen LogP contribution in [0.4, 0.5) is 0 Å². The average Bonchev–Trinajstić information content (AvgIpc) is 2.65. The highest BCUT2D eigenvalue weighted by Gasteiger charge is 2.20. The Balaban J connectivity index is 2.25. The first-order chi connectivity index (χ1) is 13.3. The van der Waals surface area contributed by atoms with Gasteiger partial charge in [0.15, 0.2) is 0 Å². The molecule has 160 valence electrons. The number of hydrogen-bond acceptors (Lipinski definition) is 4. The standard InChI is InChI=1S/C21H35NO5S/c1-3-4-5-10-20(23)11-6-8-17(2)28(26,27)22-16-7-9-18-12-14-19(15-13-18)21(24)25/h12-15,17,20,22-23H,3-11,16H2,1-2H3,(H,24,25). The molecule has 28 heavy (non-hydrogen) atoms. The second-order valence-corrected chi connectivity index (χ2v) is 9.62. The van der Waals surface area contributed by atoms with Crippen LogP contribution < -0.4 is 4.72 Å². The molecule has 7 heteroatoms. The smallest absolute Gasteiger partial charge is 0.335 e. The predicted octanol–water partition coefficient (Wildman–Crippen LogP) is 3.74. The summed E-state index contributed by atoms with van der Waals surface area (Å²) in [5.41, 5.74) is 1.23. The third kappa shape index (κ3) is 9.66. The number of hydrogen-bond donors (Lipinski definition) is 3. The molecule has 0 spiro atoms. The van der Waals surface area contributed by atoms with Gasteiger partial charge < -0.3 is 10.2 Å². The van der Waals surface area contributed by atoms with E-state index in [1.807, 2.05) is 0 Å². The third-order valence-electron chi connectivity index (χ3n) is 4.96. The van der Waals surface area contributed by atoms with Crippen molar-refractivity contribution in [3.8, 4) is 0 Å². The highest BCUT2D eigenvalue weighted by Crippen LogP contribution is 2.14. The van der Waals surface area contributed by atoms with Crippen LogP contribution >= 0.6 is 0 Å². The van der Waals surface area contributed by atoms with Crippen LogP contribution in [0.1, 0.15) is 81.1 Å². The van der Waals surface area contributed by atoms with Gasteiger partial charge in [-0.25, -0.2) is 17.9 Å². The van der Waals surface area contributed by atoms with Crippen LogP contribution in [0.15, 0.2) is 24.3 Å². The second-order valence-electron chi connectivity index (χ2n) is 7.44. The Morgan fingerprint density at radius 1 is 1.04 bits per heavy atom. The first-order valence-corrected chi connectivity index (χ1v) is 11.8. The summed E-state index contributed by atoms with van der Waals surface area (Å²) in [4.78, 5) is 10.8. The Labute approximate surface area is 169 Å². The molecule has 0 fully saturated rings. The molecule has 0 radical (unpaired) electrons. The first kappa shape index (κ1) is 24.6. The number of aromatic carboxylic acids is 1. The van der Waals surface area contributed by atoms with E-state index in [2.05, 4.69) is 11.6 Å². The number of carbonyl (C=O) groups is 1. The molecule has 3 N–H and O–H groups in total. The van der Waals surface area contributed by atoms with Gasteiger partial charge in [0.05, 0.1) is 16.9 Å². The molecule has 0 bridgehead atoms. The minimum absolute atomic E-state index is 0.244. The van der Waals surface area contributed by atoms with E-state index >= 15 is 0 Å². The summed E-state index contributed by atoms with van der Waals surface area (Å²) in [5.74, 6) is -0.957. The minimum atomic E-state index is -3.36. The van der Waals surface area contributed by atoms with E-state index in [-0.39, 0.29) is 11.7 Å². The maximum Gasteiger partial charge on any atom is 0.335 e. The third-order valence-corrected chi connectivity index (χ3v) is 6.87. The van der Waals surface area contributed by atoms with Crippen LogP contribution in [0.25, 0.3) is 0 Å². The zero-order valence-electron chi connectivity index (χ0n) is 17.1. The normalized spacial score (nSPS) is 14.0. The maximum atomic E-state index is 12.3. The lowest BCUT2D eigenvalue weighted by molar-refractivity contribution is 0.0697. The average molecular weight is 414 g/mol. The fourth-order valence-electron chi connectivity index (χ4n) is 3.03.